The van der Waals surface area contributed by atoms with Gasteiger partial charge in [-0.25, -0.2) is 0 Å². The quantitative estimate of drug-likeness (QED) is 0.0222. The molecule has 0 saturated heterocycles. The summed E-state index contributed by atoms with van der Waals surface area (Å²) in [5.74, 6) is 0. The summed E-state index contributed by atoms with van der Waals surface area (Å²) in [6, 6.07) is 53.1. The summed E-state index contributed by atoms with van der Waals surface area (Å²) in [5.41, 5.74) is 18.7. The van der Waals surface area contributed by atoms with Crippen molar-refractivity contribution >= 4 is 468 Å². The van der Waals surface area contributed by atoms with Crippen LogP contribution in [-0.2, 0) is 0 Å². The molecule has 0 fully saturated rings. The summed E-state index contributed by atoms with van der Waals surface area (Å²) >= 11 is 65.6. The lowest BCUT2D eigenvalue weighted by Crippen LogP contribution is -2.49. The third-order valence-electron chi connectivity index (χ3n) is 14.0. The Morgan fingerprint density at radius 1 is 0.393 bits per heavy atom. The fraction of sp³-hybridized carbons (Fsp3) is 0.0625. The maximum atomic E-state index is 11.1. The van der Waals surface area contributed by atoms with Gasteiger partial charge in [0.1, 0.15) is 8.07 Å². The summed E-state index contributed by atoms with van der Waals surface area (Å²) in [4.78, 5) is 40.5. The first-order valence-electron chi connectivity index (χ1n) is 32.1. The number of fused-ring (bicyclic) bond motifs is 3. The fourth-order valence-electron chi connectivity index (χ4n) is 9.12. The summed E-state index contributed by atoms with van der Waals surface area (Å²) in [6.07, 6.45) is 1.76. The van der Waals surface area contributed by atoms with Gasteiger partial charge in [0.2, 0.25) is 6.69 Å². The average molecular weight is 2390 g/mol. The minimum Gasteiger partial charge on any atom is -0.423 e. The molecular weight excluding hydrogens is 2320 g/mol. The van der Waals surface area contributed by atoms with Gasteiger partial charge in [-0.2, -0.15) is 6.39 Å². The lowest BCUT2D eigenvalue weighted by molar-refractivity contribution is -0.386. The van der Waals surface area contributed by atoms with Crippen molar-refractivity contribution in [2.45, 2.75) is 26.2 Å². The number of nitrogens with zero attached hydrogens (tertiary/aromatic N) is 4. The third-order valence-corrected chi connectivity index (χ3v) is 24.0. The highest BCUT2D eigenvalue weighted by atomic mass is 127. The van der Waals surface area contributed by atoms with Crippen molar-refractivity contribution in [1.82, 2.24) is 0 Å². The van der Waals surface area contributed by atoms with E-state index < -0.39 is 60.0 Å². The second kappa shape index (κ2) is 57.8. The Labute approximate surface area is 850 Å². The number of nitrogens with two attached hydrogens (primary N) is 2. The van der Waals surface area contributed by atoms with Gasteiger partial charge in [0, 0.05) is 141 Å². The molecule has 11 rings (SSSR count). The van der Waals surface area contributed by atoms with Gasteiger partial charge in [0.15, 0.2) is 0 Å². The van der Waals surface area contributed by atoms with E-state index in [1.54, 1.807) is 24.3 Å². The zero-order chi connectivity index (χ0) is 94.0. The summed E-state index contributed by atoms with van der Waals surface area (Å²) in [7, 11) is 51.4. The van der Waals surface area contributed by atoms with Gasteiger partial charge >= 0.3 is 7.12 Å². The number of rotatable bonds is 12. The van der Waals surface area contributed by atoms with Gasteiger partial charge in [-0.05, 0) is 257 Å². The Balaban J connectivity index is 0.000000691. The number of benzene rings is 10. The lowest BCUT2D eigenvalue weighted by Gasteiger charge is -2.19. The zero-order valence-electron chi connectivity index (χ0n) is 61.1. The van der Waals surface area contributed by atoms with Crippen LogP contribution in [0.25, 0.3) is 44.5 Å². The number of nitro groups is 4. The van der Waals surface area contributed by atoms with Crippen LogP contribution in [0.1, 0.15) is 0 Å². The molecule has 58 heteroatoms. The number of hydrogen-bond acceptors (Lipinski definition) is 12. The van der Waals surface area contributed by atoms with E-state index in [1.807, 2.05) is 67.7 Å². The summed E-state index contributed by atoms with van der Waals surface area (Å²) < 4.78 is 7.33. The highest BCUT2D eigenvalue weighted by Gasteiger charge is 2.38. The minimum absolute atomic E-state index is 0.0378. The van der Waals surface area contributed by atoms with Crippen molar-refractivity contribution in [3.63, 3.8) is 0 Å². The third kappa shape index (κ3) is 41.5. The lowest BCUT2D eigenvalue weighted by atomic mass is 8.81. The van der Waals surface area contributed by atoms with E-state index in [-0.39, 0.29) is 70.6 Å². The van der Waals surface area contributed by atoms with Crippen molar-refractivity contribution in [1.29, 1.82) is 0 Å². The monoisotopic (exact) mass is 2380 g/mol. The minimum atomic E-state index is -1.94. The fourth-order valence-corrected chi connectivity index (χ4v) is 18.7. The molecule has 0 amide bonds. The highest BCUT2D eigenvalue weighted by Crippen LogP contribution is 2.43. The van der Waals surface area contributed by atoms with Gasteiger partial charge < -0.3 is 21.5 Å². The smallest absolute Gasteiger partial charge is 0.423 e. The number of nitrogen functional groups attached to an aromatic ring is 2. The summed E-state index contributed by atoms with van der Waals surface area (Å²) in [5, 5.41) is 65.7. The van der Waals surface area contributed by atoms with E-state index in [0.29, 0.717) is 64.0 Å². The predicted octanol–water partition coefficient (Wildman–Crippen LogP) is 9.66. The van der Waals surface area contributed by atoms with Gasteiger partial charge in [0.05, 0.1) is 50.8 Å². The topological polar surface area (TPSA) is 265 Å². The number of nitro benzene ring substituents is 4. The molecule has 6 N–H and O–H groups in total. The van der Waals surface area contributed by atoms with Crippen molar-refractivity contribution < 1.29 is 29.7 Å². The largest absolute Gasteiger partial charge is 0.497 e. The molecule has 0 unspecified atom stereocenters. The van der Waals surface area contributed by atoms with Crippen LogP contribution >= 0.6 is 221 Å². The maximum Gasteiger partial charge on any atom is 0.497 e. The molecule has 1 aliphatic rings. The number of halogens is 15. The molecule has 606 valence electrons. The summed E-state index contributed by atoms with van der Waals surface area (Å²) in [6.45, 7) is 6.83. The van der Waals surface area contributed by atoms with Crippen molar-refractivity contribution in [3.05, 3.63) is 282 Å². The van der Waals surface area contributed by atoms with Gasteiger partial charge in [-0.15, -0.1) is 59.5 Å². The maximum absolute atomic E-state index is 11.1. The molecular formula is C64H66B25Br6Cl7I2N6O10Si2-6. The Bertz CT molecular complexity index is 4950. The van der Waals surface area contributed by atoms with E-state index in [4.69, 9.17) is 179 Å². The predicted molar refractivity (Wildman–Crippen MR) is 611 cm³/mol. The van der Waals surface area contributed by atoms with Crippen LogP contribution in [-0.4, -0.2) is 227 Å². The van der Waals surface area contributed by atoms with Crippen molar-refractivity contribution in [3.8, 4) is 44.5 Å². The second-order valence-corrected chi connectivity index (χ2v) is 46.6. The van der Waals surface area contributed by atoms with Crippen molar-refractivity contribution in [2.24, 2.45) is 0 Å². The normalized spacial score (nSPS) is 10.5. The van der Waals surface area contributed by atoms with E-state index in [1.165, 1.54) is 89.1 Å². The standard InChI is InChI=1S/C14H12BrClSi.C12H6BrClI2.C12H6BrClN2O4.C12H10BrClN2.C6H5BClNO4.C6H3Br2NO2.C2H6Cl2Si.B6H9.B6H6.B6H3.B6/c1-17(2)12-5-3-4-11(16)14(12)10-7-6-9(15)8-13(10)17;13-7-4-5-8(11(16)6-7)12-9(14)2-1-3-10(12)15;13-7-4-5-8(11(6-7)16(19)20)12-9(14)2-1-3-10(12)15(17)18;13-7-4-5-8(11(16)6-7)12-9(14)2-1-3-10(12)15;8-4-2-1-3-5(9(12)13)6(4)7(10)11;7-4-1-2-6(9(10)11)5(8)3-4;1-5(2,3)4;4*1-5(2)6(3)4/h3-8H,1-2H3;1-6H;1-6H;1-6H,15-16H2;1-3,10-11H;1-3H;1-2H3;1-3H3;1-2H3;1H3;/q;;;;;;;-3;-2;-1;. The number of hydrogen-bond donors (Lipinski definition) is 4. The molecule has 10 aromatic carbocycles. The molecule has 0 spiro atoms. The molecule has 0 bridgehead atoms. The van der Waals surface area contributed by atoms with Crippen LogP contribution < -0.4 is 27.3 Å². The zero-order valence-corrected chi connectivity index (χ0v) is 82.2. The Morgan fingerprint density at radius 3 is 1.15 bits per heavy atom. The Hall–Kier alpha value is -2.25. The first kappa shape index (κ1) is 118. The first-order valence-corrected chi connectivity index (χ1v) is 49.0. The Morgan fingerprint density at radius 2 is 0.754 bits per heavy atom. The van der Waals surface area contributed by atoms with Crippen molar-refractivity contribution in [2.75, 3.05) is 11.5 Å². The van der Waals surface area contributed by atoms with Crippen LogP contribution in [0.4, 0.5) is 34.1 Å². The first-order chi connectivity index (χ1) is 56.3. The molecule has 122 heavy (non-hydrogen) atoms. The molecule has 0 atom stereocenters. The van der Waals surface area contributed by atoms with Crippen LogP contribution in [0.15, 0.2) is 209 Å². The molecule has 0 aromatic heterocycles. The average Bonchev–Trinajstić information content (AvgIpc) is 1.57. The van der Waals surface area contributed by atoms with Gasteiger partial charge in [-0.1, -0.05) is 227 Å². The molecule has 0 saturated carbocycles. The molecule has 10 aromatic rings. The number of anilines is 2. The van der Waals surface area contributed by atoms with Gasteiger partial charge in [0.25, 0.3) is 22.7 Å². The second-order valence-electron chi connectivity index (χ2n) is 23.6. The van der Waals surface area contributed by atoms with Crippen LogP contribution in [0.5, 0.6) is 0 Å². The Kier molecular flexibility index (Phi) is 55.8. The molecule has 16 nitrogen and oxygen atoms in total. The van der Waals surface area contributed by atoms with Crippen LogP contribution in [0.2, 0.25) is 51.3 Å². The van der Waals surface area contributed by atoms with Crippen LogP contribution in [0.3, 0.4) is 0 Å². The molecule has 1 heterocycles. The molecule has 20 radical (unpaired) electrons. The van der Waals surface area contributed by atoms with Gasteiger partial charge in [-0.3, -0.25) is 53.2 Å². The van der Waals surface area contributed by atoms with E-state index in [0.717, 1.165) is 63.5 Å². The van der Waals surface area contributed by atoms with E-state index in [2.05, 4.69) is 202 Å². The van der Waals surface area contributed by atoms with E-state index >= 15 is 0 Å². The highest BCUT2D eigenvalue weighted by molar-refractivity contribution is 14.1. The molecule has 1 aliphatic heterocycles. The molecule has 0 aliphatic carbocycles. The van der Waals surface area contributed by atoms with E-state index in [9.17, 15) is 40.5 Å². The van der Waals surface area contributed by atoms with Crippen LogP contribution in [0, 0.1) is 47.6 Å². The SMILES string of the molecule is C[Si](C)(Cl)Cl.C[Si]1(C)c2cc(Br)ccc2-c2c(Cl)cccc21.Clc1cccc(I)c1-c1ccc(Br)cc1I.Nc1cc(Br)ccc1-c1c(N)cccc1Cl.O=[N+]([O-])c1cc(Br)ccc1-c1c(Cl)cccc1[N+](=O)[O-].O=[N+]([O-])c1ccc(Br)cc1Br.O=[N+]([O-])c1cccc(Cl)c1B(O)O.[B]B([BH3-])B([BH3-])[BH3-].[B]B([B])B([BH3-])[BH3-].[B]B([B])B([B])[BH3-].[B]B([B])B([B])[B].